The average Bonchev–Trinajstić information content (AvgIpc) is 2.37. The summed E-state index contributed by atoms with van der Waals surface area (Å²) in [5.74, 6) is 0. The van der Waals surface area contributed by atoms with Crippen LogP contribution in [0.4, 0.5) is 5.69 Å². The van der Waals surface area contributed by atoms with Crippen molar-refractivity contribution in [2.75, 3.05) is 4.72 Å². The zero-order valence-corrected chi connectivity index (χ0v) is 13.4. The lowest BCUT2D eigenvalue weighted by Gasteiger charge is -2.11. The quantitative estimate of drug-likeness (QED) is 0.889. The molecule has 7 heteroatoms. The molecule has 112 valence electrons. The van der Waals surface area contributed by atoms with Gasteiger partial charge in [0.1, 0.15) is 0 Å². The normalized spacial score (nSPS) is 11.4. The van der Waals surface area contributed by atoms with Crippen LogP contribution in [0.2, 0.25) is 10.0 Å². The minimum Gasteiger partial charge on any atom is -0.392 e. The molecule has 0 atom stereocenters. The molecule has 0 aliphatic heterocycles. The van der Waals surface area contributed by atoms with Crippen molar-refractivity contribution < 1.29 is 13.5 Å². The standard InChI is InChI=1S/C14H13Cl2NO3S/c1-9-2-3-14(4-10(9)8-18)21(19,20)17-13-6-11(15)5-12(16)7-13/h2-7,17-18H,8H2,1H3. The first-order valence-corrected chi connectivity index (χ1v) is 8.25. The third-order valence-electron chi connectivity index (χ3n) is 2.92. The van der Waals surface area contributed by atoms with E-state index in [9.17, 15) is 13.5 Å². The van der Waals surface area contributed by atoms with Gasteiger partial charge < -0.3 is 5.11 Å². The predicted molar refractivity (Wildman–Crippen MR) is 84.4 cm³/mol. The van der Waals surface area contributed by atoms with Crippen molar-refractivity contribution in [3.8, 4) is 0 Å². The fraction of sp³-hybridized carbons (Fsp3) is 0.143. The van der Waals surface area contributed by atoms with Gasteiger partial charge in [-0.15, -0.1) is 0 Å². The smallest absolute Gasteiger partial charge is 0.261 e. The molecule has 0 saturated heterocycles. The molecule has 0 aliphatic rings. The van der Waals surface area contributed by atoms with Gasteiger partial charge in [0, 0.05) is 10.0 Å². The minimum absolute atomic E-state index is 0.0632. The Morgan fingerprint density at radius 3 is 2.29 bits per heavy atom. The van der Waals surface area contributed by atoms with Crippen LogP contribution in [-0.2, 0) is 16.6 Å². The molecule has 2 aromatic carbocycles. The van der Waals surface area contributed by atoms with Crippen molar-refractivity contribution >= 4 is 38.9 Å². The molecule has 0 saturated carbocycles. The fourth-order valence-corrected chi connectivity index (χ4v) is 3.43. The summed E-state index contributed by atoms with van der Waals surface area (Å²) in [6.45, 7) is 1.57. The Balaban J connectivity index is 2.38. The monoisotopic (exact) mass is 345 g/mol. The van der Waals surface area contributed by atoms with Gasteiger partial charge in [-0.1, -0.05) is 29.3 Å². The molecule has 0 radical (unpaired) electrons. The fourth-order valence-electron chi connectivity index (χ4n) is 1.81. The number of benzene rings is 2. The van der Waals surface area contributed by atoms with Gasteiger partial charge in [0.05, 0.1) is 17.2 Å². The summed E-state index contributed by atoms with van der Waals surface area (Å²) in [7, 11) is -3.77. The van der Waals surface area contributed by atoms with Gasteiger partial charge in [0.15, 0.2) is 0 Å². The molecule has 0 spiro atoms. The maximum atomic E-state index is 12.3. The summed E-state index contributed by atoms with van der Waals surface area (Å²) in [6.07, 6.45) is 0. The van der Waals surface area contributed by atoms with Crippen molar-refractivity contribution in [3.63, 3.8) is 0 Å². The maximum Gasteiger partial charge on any atom is 0.261 e. The van der Waals surface area contributed by atoms with Gasteiger partial charge in [-0.05, 0) is 48.4 Å². The third kappa shape index (κ3) is 3.89. The van der Waals surface area contributed by atoms with Crippen LogP contribution < -0.4 is 4.72 Å². The number of hydrogen-bond donors (Lipinski definition) is 2. The minimum atomic E-state index is -3.77. The summed E-state index contributed by atoms with van der Waals surface area (Å²) >= 11 is 11.7. The third-order valence-corrected chi connectivity index (χ3v) is 4.73. The van der Waals surface area contributed by atoms with Crippen molar-refractivity contribution in [2.24, 2.45) is 0 Å². The number of rotatable bonds is 4. The Kier molecular flexibility index (Phi) is 4.78. The molecule has 4 nitrogen and oxygen atoms in total. The Labute approximate surface area is 133 Å². The first-order chi connectivity index (χ1) is 9.81. The maximum absolute atomic E-state index is 12.3. The lowest BCUT2D eigenvalue weighted by Crippen LogP contribution is -2.13. The summed E-state index contributed by atoms with van der Waals surface area (Å²) in [6, 6.07) is 8.99. The van der Waals surface area contributed by atoms with E-state index in [0.717, 1.165) is 5.56 Å². The van der Waals surface area contributed by atoms with Crippen LogP contribution in [0, 0.1) is 6.92 Å². The van der Waals surface area contributed by atoms with E-state index in [1.165, 1.54) is 30.3 Å². The summed E-state index contributed by atoms with van der Waals surface area (Å²) < 4.78 is 27.1. The van der Waals surface area contributed by atoms with E-state index in [4.69, 9.17) is 23.2 Å². The van der Waals surface area contributed by atoms with Crippen LogP contribution in [-0.4, -0.2) is 13.5 Å². The number of halogens is 2. The average molecular weight is 346 g/mol. The van der Waals surface area contributed by atoms with Crippen molar-refractivity contribution in [1.29, 1.82) is 0 Å². The number of anilines is 1. The molecule has 0 fully saturated rings. The second kappa shape index (κ2) is 6.23. The van der Waals surface area contributed by atoms with E-state index in [1.54, 1.807) is 13.0 Å². The van der Waals surface area contributed by atoms with Crippen LogP contribution in [0.1, 0.15) is 11.1 Å². The molecule has 21 heavy (non-hydrogen) atoms. The molecule has 2 aromatic rings. The van der Waals surface area contributed by atoms with Crippen molar-refractivity contribution in [2.45, 2.75) is 18.4 Å². The lowest BCUT2D eigenvalue weighted by molar-refractivity contribution is 0.281. The highest BCUT2D eigenvalue weighted by Gasteiger charge is 2.16. The van der Waals surface area contributed by atoms with E-state index in [-0.39, 0.29) is 17.2 Å². The van der Waals surface area contributed by atoms with E-state index in [0.29, 0.717) is 15.6 Å². The Morgan fingerprint density at radius 1 is 1.10 bits per heavy atom. The largest absolute Gasteiger partial charge is 0.392 e. The molecule has 2 N–H and O–H groups in total. The number of nitrogens with one attached hydrogen (secondary N) is 1. The zero-order chi connectivity index (χ0) is 15.6. The first-order valence-electron chi connectivity index (χ1n) is 6.01. The van der Waals surface area contributed by atoms with Crippen LogP contribution in [0.15, 0.2) is 41.3 Å². The molecule has 0 heterocycles. The Morgan fingerprint density at radius 2 is 1.71 bits per heavy atom. The first kappa shape index (κ1) is 16.1. The number of aliphatic hydroxyl groups excluding tert-OH is 1. The van der Waals surface area contributed by atoms with Gasteiger partial charge in [0.25, 0.3) is 10.0 Å². The van der Waals surface area contributed by atoms with Crippen LogP contribution >= 0.6 is 23.2 Å². The number of hydrogen-bond acceptors (Lipinski definition) is 3. The van der Waals surface area contributed by atoms with Crippen molar-refractivity contribution in [3.05, 3.63) is 57.6 Å². The van der Waals surface area contributed by atoms with Gasteiger partial charge in [-0.3, -0.25) is 4.72 Å². The van der Waals surface area contributed by atoms with E-state index in [2.05, 4.69) is 4.72 Å². The molecule has 2 rings (SSSR count). The number of aliphatic hydroxyl groups is 1. The topological polar surface area (TPSA) is 66.4 Å². The Hall–Kier alpha value is -1.27. The van der Waals surface area contributed by atoms with E-state index in [1.807, 2.05) is 0 Å². The highest BCUT2D eigenvalue weighted by Crippen LogP contribution is 2.25. The molecule has 0 unspecified atom stereocenters. The predicted octanol–water partition coefficient (Wildman–Crippen LogP) is 3.59. The summed E-state index contributed by atoms with van der Waals surface area (Å²) in [4.78, 5) is 0.0632. The summed E-state index contributed by atoms with van der Waals surface area (Å²) in [5.41, 5.74) is 1.66. The second-order valence-electron chi connectivity index (χ2n) is 4.51. The van der Waals surface area contributed by atoms with Crippen LogP contribution in [0.5, 0.6) is 0 Å². The highest BCUT2D eigenvalue weighted by atomic mass is 35.5. The van der Waals surface area contributed by atoms with E-state index >= 15 is 0 Å². The molecule has 0 amide bonds. The number of aryl methyl sites for hydroxylation is 1. The van der Waals surface area contributed by atoms with Crippen molar-refractivity contribution in [1.82, 2.24) is 0 Å². The van der Waals surface area contributed by atoms with Gasteiger partial charge in [0.2, 0.25) is 0 Å². The lowest BCUT2D eigenvalue weighted by atomic mass is 10.1. The zero-order valence-electron chi connectivity index (χ0n) is 11.1. The van der Waals surface area contributed by atoms with Gasteiger partial charge >= 0.3 is 0 Å². The summed E-state index contributed by atoms with van der Waals surface area (Å²) in [5, 5.41) is 9.89. The molecule has 0 aromatic heterocycles. The van der Waals surface area contributed by atoms with Gasteiger partial charge in [-0.25, -0.2) is 8.42 Å². The SMILES string of the molecule is Cc1ccc(S(=O)(=O)Nc2cc(Cl)cc(Cl)c2)cc1CO. The highest BCUT2D eigenvalue weighted by molar-refractivity contribution is 7.92. The molecule has 0 aliphatic carbocycles. The number of sulfonamides is 1. The molecule has 0 bridgehead atoms. The molecular weight excluding hydrogens is 333 g/mol. The van der Waals surface area contributed by atoms with E-state index < -0.39 is 10.0 Å². The Bertz CT molecular complexity index is 756. The van der Waals surface area contributed by atoms with Crippen LogP contribution in [0.25, 0.3) is 0 Å². The van der Waals surface area contributed by atoms with Gasteiger partial charge in [-0.2, -0.15) is 0 Å². The second-order valence-corrected chi connectivity index (χ2v) is 7.07. The molecular formula is C14H13Cl2NO3S. The van der Waals surface area contributed by atoms with Crippen LogP contribution in [0.3, 0.4) is 0 Å².